The van der Waals surface area contributed by atoms with E-state index in [-0.39, 0.29) is 6.54 Å². The van der Waals surface area contributed by atoms with Gasteiger partial charge >= 0.3 is 0 Å². The van der Waals surface area contributed by atoms with Crippen molar-refractivity contribution in [3.63, 3.8) is 0 Å². The quantitative estimate of drug-likeness (QED) is 0.502. The molecule has 2 heterocycles. The molecule has 0 radical (unpaired) electrons. The average Bonchev–Trinajstić information content (AvgIpc) is 3.15. The number of aromatic nitrogens is 4. The molecule has 1 atom stereocenters. The van der Waals surface area contributed by atoms with Crippen LogP contribution in [0.25, 0.3) is 0 Å². The van der Waals surface area contributed by atoms with Crippen molar-refractivity contribution in [2.45, 2.75) is 45.7 Å². The van der Waals surface area contributed by atoms with Crippen LogP contribution in [0.3, 0.4) is 0 Å². The van der Waals surface area contributed by atoms with Crippen molar-refractivity contribution < 1.29 is 22.4 Å². The van der Waals surface area contributed by atoms with Gasteiger partial charge in [-0.05, 0) is 42.3 Å². The first-order valence-corrected chi connectivity index (χ1v) is 8.63. The standard InChI is InChI=1S/C15H18BrF4N5O/c1-8-10(16)7-24(22-8)5-3-4-21-15(26)9(2)25-12(14(19)20)6-11(23-25)13(17)18/h6-7,9,13-14H,3-5H2,1-2H3,(H,21,26). The number of nitrogens with zero attached hydrogens (tertiary/aromatic N) is 4. The first kappa shape index (κ1) is 20.4. The van der Waals surface area contributed by atoms with Crippen molar-refractivity contribution in [2.75, 3.05) is 6.54 Å². The first-order valence-electron chi connectivity index (χ1n) is 7.83. The Morgan fingerprint density at radius 3 is 2.50 bits per heavy atom. The van der Waals surface area contributed by atoms with E-state index < -0.39 is 36.2 Å². The minimum atomic E-state index is -3.01. The number of aryl methyl sites for hydroxylation is 2. The summed E-state index contributed by atoms with van der Waals surface area (Å²) in [5.41, 5.74) is -0.643. The van der Waals surface area contributed by atoms with E-state index in [4.69, 9.17) is 0 Å². The smallest absolute Gasteiger partial charge is 0.282 e. The van der Waals surface area contributed by atoms with E-state index >= 15 is 0 Å². The van der Waals surface area contributed by atoms with E-state index in [9.17, 15) is 22.4 Å². The lowest BCUT2D eigenvalue weighted by molar-refractivity contribution is -0.124. The van der Waals surface area contributed by atoms with E-state index in [1.165, 1.54) is 6.92 Å². The fraction of sp³-hybridized carbons (Fsp3) is 0.533. The van der Waals surface area contributed by atoms with Gasteiger partial charge in [0.15, 0.2) is 0 Å². The number of nitrogens with one attached hydrogen (secondary N) is 1. The predicted octanol–water partition coefficient (Wildman–Crippen LogP) is 3.79. The van der Waals surface area contributed by atoms with Crippen LogP contribution in [0.15, 0.2) is 16.7 Å². The number of halogens is 5. The monoisotopic (exact) mass is 439 g/mol. The summed E-state index contributed by atoms with van der Waals surface area (Å²) in [6.07, 6.45) is -3.62. The van der Waals surface area contributed by atoms with Crippen LogP contribution in [-0.2, 0) is 11.3 Å². The maximum Gasteiger partial charge on any atom is 0.282 e. The summed E-state index contributed by atoms with van der Waals surface area (Å²) in [5.74, 6) is -0.575. The SMILES string of the molecule is Cc1nn(CCCNC(=O)C(C)n2nc(C(F)F)cc2C(F)F)cc1Br. The Balaban J connectivity index is 1.92. The topological polar surface area (TPSA) is 64.7 Å². The van der Waals surface area contributed by atoms with Crippen molar-refractivity contribution >= 4 is 21.8 Å². The molecule has 0 saturated heterocycles. The van der Waals surface area contributed by atoms with E-state index in [1.54, 1.807) is 4.68 Å². The van der Waals surface area contributed by atoms with Crippen molar-refractivity contribution in [3.8, 4) is 0 Å². The highest BCUT2D eigenvalue weighted by Crippen LogP contribution is 2.27. The second-order valence-corrected chi connectivity index (χ2v) is 6.54. The number of carbonyl (C=O) groups excluding carboxylic acids is 1. The van der Waals surface area contributed by atoms with Crippen LogP contribution in [0.4, 0.5) is 17.6 Å². The largest absolute Gasteiger partial charge is 0.354 e. The number of hydrogen-bond acceptors (Lipinski definition) is 3. The Bertz CT molecular complexity index is 742. The number of amides is 1. The summed E-state index contributed by atoms with van der Waals surface area (Å²) in [6.45, 7) is 4.02. The van der Waals surface area contributed by atoms with Gasteiger partial charge in [0.25, 0.3) is 12.9 Å². The molecule has 0 fully saturated rings. The van der Waals surface area contributed by atoms with Gasteiger partial charge in [0.2, 0.25) is 5.91 Å². The molecule has 144 valence electrons. The zero-order valence-electron chi connectivity index (χ0n) is 14.1. The van der Waals surface area contributed by atoms with Crippen LogP contribution < -0.4 is 5.32 Å². The Morgan fingerprint density at radius 1 is 1.27 bits per heavy atom. The first-order chi connectivity index (χ1) is 12.2. The van der Waals surface area contributed by atoms with Crippen LogP contribution in [0.2, 0.25) is 0 Å². The molecule has 0 aliphatic carbocycles. The highest BCUT2D eigenvalue weighted by atomic mass is 79.9. The van der Waals surface area contributed by atoms with Crippen molar-refractivity contribution in [2.24, 2.45) is 0 Å². The molecule has 0 aliphatic heterocycles. The summed E-state index contributed by atoms with van der Waals surface area (Å²) < 4.78 is 54.6. The molecular weight excluding hydrogens is 422 g/mol. The van der Waals surface area contributed by atoms with Gasteiger partial charge in [-0.1, -0.05) is 0 Å². The summed E-state index contributed by atoms with van der Waals surface area (Å²) in [6, 6.07) is -0.510. The molecule has 1 N–H and O–H groups in total. The molecule has 1 unspecified atom stereocenters. The molecule has 0 spiro atoms. The lowest BCUT2D eigenvalue weighted by Gasteiger charge is -2.15. The predicted molar refractivity (Wildman–Crippen MR) is 89.1 cm³/mol. The minimum Gasteiger partial charge on any atom is -0.354 e. The highest BCUT2D eigenvalue weighted by Gasteiger charge is 2.26. The third-order valence-corrected chi connectivity index (χ3v) is 4.51. The van der Waals surface area contributed by atoms with Crippen molar-refractivity contribution in [3.05, 3.63) is 33.8 Å². The molecule has 0 aromatic carbocycles. The second kappa shape index (κ2) is 8.65. The fourth-order valence-corrected chi connectivity index (χ4v) is 2.64. The van der Waals surface area contributed by atoms with Gasteiger partial charge in [0.1, 0.15) is 17.4 Å². The van der Waals surface area contributed by atoms with Crippen molar-refractivity contribution in [1.29, 1.82) is 0 Å². The van der Waals surface area contributed by atoms with Crippen LogP contribution in [0, 0.1) is 6.92 Å². The van der Waals surface area contributed by atoms with Crippen molar-refractivity contribution in [1.82, 2.24) is 24.9 Å². The summed E-state index contributed by atoms with van der Waals surface area (Å²) in [7, 11) is 0. The lowest BCUT2D eigenvalue weighted by Crippen LogP contribution is -2.33. The normalized spacial score (nSPS) is 12.8. The Labute approximate surface area is 155 Å². The molecular formula is C15H18BrF4N5O. The third-order valence-electron chi connectivity index (χ3n) is 3.73. The third kappa shape index (κ3) is 4.83. The summed E-state index contributed by atoms with van der Waals surface area (Å²) >= 11 is 3.35. The van der Waals surface area contributed by atoms with Gasteiger partial charge in [-0.25, -0.2) is 17.6 Å². The number of rotatable bonds is 8. The molecule has 6 nitrogen and oxygen atoms in total. The second-order valence-electron chi connectivity index (χ2n) is 5.69. The lowest BCUT2D eigenvalue weighted by atomic mass is 10.3. The minimum absolute atomic E-state index is 0.284. The number of carbonyl (C=O) groups is 1. The van der Waals surface area contributed by atoms with Gasteiger partial charge < -0.3 is 5.32 Å². The van der Waals surface area contributed by atoms with Gasteiger partial charge in [0, 0.05) is 19.3 Å². The van der Waals surface area contributed by atoms with Crippen LogP contribution in [-0.4, -0.2) is 32.0 Å². The maximum atomic E-state index is 13.0. The van der Waals surface area contributed by atoms with Gasteiger partial charge in [-0.2, -0.15) is 10.2 Å². The van der Waals surface area contributed by atoms with Crippen LogP contribution >= 0.6 is 15.9 Å². The summed E-state index contributed by atoms with van der Waals surface area (Å²) in [4.78, 5) is 12.1. The fourth-order valence-electron chi connectivity index (χ4n) is 2.33. The Hall–Kier alpha value is -1.91. The Kier molecular flexibility index (Phi) is 6.79. The molecule has 11 heteroatoms. The molecule has 0 bridgehead atoms. The molecule has 2 aromatic rings. The van der Waals surface area contributed by atoms with Gasteiger partial charge in [-0.15, -0.1) is 0 Å². The van der Waals surface area contributed by atoms with Crippen LogP contribution in [0.1, 0.15) is 49.3 Å². The molecule has 2 aromatic heterocycles. The number of alkyl halides is 4. The molecule has 0 aliphatic rings. The maximum absolute atomic E-state index is 13.0. The summed E-state index contributed by atoms with van der Waals surface area (Å²) in [5, 5.41) is 10.3. The molecule has 0 saturated carbocycles. The highest BCUT2D eigenvalue weighted by molar-refractivity contribution is 9.10. The number of hydrogen-bond donors (Lipinski definition) is 1. The zero-order chi connectivity index (χ0) is 19.4. The van der Waals surface area contributed by atoms with E-state index in [0.29, 0.717) is 23.7 Å². The molecule has 2 rings (SSSR count). The van der Waals surface area contributed by atoms with Gasteiger partial charge in [0.05, 0.1) is 10.2 Å². The van der Waals surface area contributed by atoms with Gasteiger partial charge in [-0.3, -0.25) is 14.2 Å². The molecule has 26 heavy (non-hydrogen) atoms. The Morgan fingerprint density at radius 2 is 1.96 bits per heavy atom. The average molecular weight is 440 g/mol. The van der Waals surface area contributed by atoms with Crippen LogP contribution in [0.5, 0.6) is 0 Å². The van der Waals surface area contributed by atoms with E-state index in [0.717, 1.165) is 10.2 Å². The van der Waals surface area contributed by atoms with E-state index in [2.05, 4.69) is 31.4 Å². The molecule has 1 amide bonds. The zero-order valence-corrected chi connectivity index (χ0v) is 15.7. The van der Waals surface area contributed by atoms with E-state index in [1.807, 2.05) is 13.1 Å².